The third-order valence-electron chi connectivity index (χ3n) is 4.27. The van der Waals surface area contributed by atoms with Gasteiger partial charge in [-0.1, -0.05) is 39.0 Å². The van der Waals surface area contributed by atoms with Crippen LogP contribution in [0.2, 0.25) is 0 Å². The molecule has 0 saturated heterocycles. The third kappa shape index (κ3) is 3.33. The lowest BCUT2D eigenvalue weighted by Gasteiger charge is -2.14. The van der Waals surface area contributed by atoms with Gasteiger partial charge in [-0.3, -0.25) is 9.20 Å². The summed E-state index contributed by atoms with van der Waals surface area (Å²) in [6.07, 6.45) is 2.65. The Morgan fingerprint density at radius 3 is 2.72 bits per heavy atom. The first-order chi connectivity index (χ1) is 11.9. The Labute approximate surface area is 156 Å². The minimum Gasteiger partial charge on any atom is -0.320 e. The average molecular weight is 400 g/mol. The summed E-state index contributed by atoms with van der Waals surface area (Å²) >= 11 is 3.56. The van der Waals surface area contributed by atoms with Crippen LogP contribution in [0.25, 0.3) is 5.65 Å². The molecular weight excluding hydrogens is 378 g/mol. The van der Waals surface area contributed by atoms with Crippen LogP contribution in [0.4, 0.5) is 5.69 Å². The van der Waals surface area contributed by atoms with Crippen molar-refractivity contribution in [2.75, 3.05) is 5.32 Å². The zero-order chi connectivity index (χ0) is 18.1. The molecule has 2 heterocycles. The maximum Gasteiger partial charge on any atom is 0.274 e. The Morgan fingerprint density at radius 2 is 2.04 bits per heavy atom. The van der Waals surface area contributed by atoms with Crippen molar-refractivity contribution in [3.05, 3.63) is 63.5 Å². The summed E-state index contributed by atoms with van der Waals surface area (Å²) in [4.78, 5) is 17.7. The van der Waals surface area contributed by atoms with Crippen molar-refractivity contribution in [3.63, 3.8) is 0 Å². The number of nitrogens with zero attached hydrogens (tertiary/aromatic N) is 2. The van der Waals surface area contributed by atoms with Gasteiger partial charge in [-0.2, -0.15) is 0 Å². The summed E-state index contributed by atoms with van der Waals surface area (Å²) in [6, 6.07) is 9.95. The van der Waals surface area contributed by atoms with Gasteiger partial charge in [-0.05, 0) is 58.5 Å². The fourth-order valence-electron chi connectivity index (χ4n) is 3.06. The molecule has 1 aromatic carbocycles. The highest BCUT2D eigenvalue weighted by Gasteiger charge is 2.21. The molecule has 0 spiro atoms. The molecule has 0 aliphatic rings. The molecule has 0 aliphatic carbocycles. The molecule has 4 nitrogen and oxygen atoms in total. The second kappa shape index (κ2) is 7.00. The maximum absolute atomic E-state index is 13.1. The largest absolute Gasteiger partial charge is 0.320 e. The van der Waals surface area contributed by atoms with Gasteiger partial charge in [-0.15, -0.1) is 0 Å². The number of anilines is 1. The highest BCUT2D eigenvalue weighted by Crippen LogP contribution is 2.26. The second-order valence-electron chi connectivity index (χ2n) is 6.52. The van der Waals surface area contributed by atoms with Crippen LogP contribution in [0.3, 0.4) is 0 Å². The van der Waals surface area contributed by atoms with Crippen LogP contribution >= 0.6 is 15.9 Å². The quantitative estimate of drug-likeness (QED) is 0.642. The van der Waals surface area contributed by atoms with E-state index >= 15 is 0 Å². The molecule has 5 heteroatoms. The van der Waals surface area contributed by atoms with Crippen molar-refractivity contribution in [1.29, 1.82) is 0 Å². The molecule has 1 N–H and O–H groups in total. The van der Waals surface area contributed by atoms with Crippen molar-refractivity contribution >= 4 is 33.2 Å². The second-order valence-corrected chi connectivity index (χ2v) is 7.37. The molecule has 0 fully saturated rings. The van der Waals surface area contributed by atoms with E-state index in [4.69, 9.17) is 0 Å². The molecule has 25 heavy (non-hydrogen) atoms. The van der Waals surface area contributed by atoms with Crippen LogP contribution < -0.4 is 5.32 Å². The summed E-state index contributed by atoms with van der Waals surface area (Å²) < 4.78 is 2.77. The third-order valence-corrected chi connectivity index (χ3v) is 4.85. The van der Waals surface area contributed by atoms with Crippen LogP contribution in [0.5, 0.6) is 0 Å². The van der Waals surface area contributed by atoms with Crippen molar-refractivity contribution in [2.24, 2.45) is 0 Å². The number of halogens is 1. The van der Waals surface area contributed by atoms with Crippen LogP contribution in [-0.4, -0.2) is 15.3 Å². The number of carbonyl (C=O) groups is 1. The number of hydrogen-bond donors (Lipinski definition) is 1. The van der Waals surface area contributed by atoms with E-state index < -0.39 is 0 Å². The number of benzene rings is 1. The molecule has 3 rings (SSSR count). The number of imidazole rings is 1. The first-order valence-electron chi connectivity index (χ1n) is 8.49. The number of hydrogen-bond acceptors (Lipinski definition) is 2. The fraction of sp³-hybridized carbons (Fsp3) is 0.300. The first kappa shape index (κ1) is 17.7. The summed E-state index contributed by atoms with van der Waals surface area (Å²) in [7, 11) is 0. The van der Waals surface area contributed by atoms with E-state index in [9.17, 15) is 4.79 Å². The molecule has 0 atom stereocenters. The molecule has 0 aliphatic heterocycles. The maximum atomic E-state index is 13.1. The SMILES string of the molecule is CCc1nc2c(Br)cc(C)cn2c1C(=O)Nc1ccccc1C(C)C. The average Bonchev–Trinajstić information content (AvgIpc) is 2.94. The standard InChI is InChI=1S/C20H22BrN3O/c1-5-16-18(24-11-13(4)10-15(21)19(24)22-16)20(25)23-17-9-7-6-8-14(17)12(2)3/h6-12H,5H2,1-4H3,(H,23,25). The monoisotopic (exact) mass is 399 g/mol. The van der Waals surface area contributed by atoms with Gasteiger partial charge >= 0.3 is 0 Å². The van der Waals surface area contributed by atoms with E-state index in [1.807, 2.05) is 48.7 Å². The number of aryl methyl sites for hydroxylation is 2. The van der Waals surface area contributed by atoms with Crippen molar-refractivity contribution in [2.45, 2.75) is 40.0 Å². The topological polar surface area (TPSA) is 46.4 Å². The number of nitrogens with one attached hydrogen (secondary N) is 1. The van der Waals surface area contributed by atoms with Crippen molar-refractivity contribution < 1.29 is 4.79 Å². The highest BCUT2D eigenvalue weighted by atomic mass is 79.9. The predicted molar refractivity (Wildman–Crippen MR) is 105 cm³/mol. The molecule has 0 radical (unpaired) electrons. The van der Waals surface area contributed by atoms with Crippen molar-refractivity contribution in [3.8, 4) is 0 Å². The lowest BCUT2D eigenvalue weighted by Crippen LogP contribution is -2.17. The number of para-hydroxylation sites is 1. The van der Waals surface area contributed by atoms with Crippen LogP contribution in [0.1, 0.15) is 54.0 Å². The van der Waals surface area contributed by atoms with Gasteiger partial charge in [0.05, 0.1) is 10.2 Å². The summed E-state index contributed by atoms with van der Waals surface area (Å²) in [5, 5.41) is 3.08. The van der Waals surface area contributed by atoms with Gasteiger partial charge < -0.3 is 5.32 Å². The minimum atomic E-state index is -0.130. The van der Waals surface area contributed by atoms with E-state index in [1.54, 1.807) is 0 Å². The lowest BCUT2D eigenvalue weighted by atomic mass is 10.0. The number of carbonyl (C=O) groups excluding carboxylic acids is 1. The van der Waals surface area contributed by atoms with Gasteiger partial charge in [0, 0.05) is 11.9 Å². The van der Waals surface area contributed by atoms with Crippen LogP contribution in [0, 0.1) is 6.92 Å². The Morgan fingerprint density at radius 1 is 1.32 bits per heavy atom. The van der Waals surface area contributed by atoms with Crippen molar-refractivity contribution in [1.82, 2.24) is 9.38 Å². The summed E-state index contributed by atoms with van der Waals surface area (Å²) in [5.41, 5.74) is 5.21. The summed E-state index contributed by atoms with van der Waals surface area (Å²) in [6.45, 7) is 8.27. The summed E-state index contributed by atoms with van der Waals surface area (Å²) in [5.74, 6) is 0.204. The van der Waals surface area contributed by atoms with Gasteiger partial charge in [-0.25, -0.2) is 4.98 Å². The van der Waals surface area contributed by atoms with E-state index in [0.717, 1.165) is 32.6 Å². The van der Waals surface area contributed by atoms with Crippen LogP contribution in [-0.2, 0) is 6.42 Å². The molecule has 0 saturated carbocycles. The molecule has 2 aromatic heterocycles. The number of fused-ring (bicyclic) bond motifs is 1. The zero-order valence-electron chi connectivity index (χ0n) is 14.9. The fourth-order valence-corrected chi connectivity index (χ4v) is 3.70. The lowest BCUT2D eigenvalue weighted by molar-refractivity contribution is 0.102. The molecule has 0 bridgehead atoms. The molecule has 1 amide bonds. The molecule has 0 unspecified atom stereocenters. The Balaban J connectivity index is 2.09. The first-order valence-corrected chi connectivity index (χ1v) is 9.29. The van der Waals surface area contributed by atoms with E-state index in [-0.39, 0.29) is 5.91 Å². The minimum absolute atomic E-state index is 0.130. The van der Waals surface area contributed by atoms with Gasteiger partial charge in [0.1, 0.15) is 5.69 Å². The van der Waals surface area contributed by atoms with Gasteiger partial charge in [0.15, 0.2) is 5.65 Å². The van der Waals surface area contributed by atoms with Crippen LogP contribution in [0.15, 0.2) is 41.0 Å². The number of rotatable bonds is 4. The number of amides is 1. The van der Waals surface area contributed by atoms with Gasteiger partial charge in [0.25, 0.3) is 5.91 Å². The normalized spacial score (nSPS) is 11.3. The van der Waals surface area contributed by atoms with Gasteiger partial charge in [0.2, 0.25) is 0 Å². The Kier molecular flexibility index (Phi) is 4.95. The van der Waals surface area contributed by atoms with E-state index in [0.29, 0.717) is 18.0 Å². The highest BCUT2D eigenvalue weighted by molar-refractivity contribution is 9.10. The predicted octanol–water partition coefficient (Wildman–Crippen LogP) is 5.34. The van der Waals surface area contributed by atoms with E-state index in [1.165, 1.54) is 0 Å². The molecule has 130 valence electrons. The number of aromatic nitrogens is 2. The van der Waals surface area contributed by atoms with E-state index in [2.05, 4.69) is 46.1 Å². The Bertz CT molecular complexity index is 944. The Hall–Kier alpha value is -2.14. The number of pyridine rings is 1. The smallest absolute Gasteiger partial charge is 0.274 e. The molecular formula is C20H22BrN3O. The zero-order valence-corrected chi connectivity index (χ0v) is 16.5. The molecule has 3 aromatic rings.